The van der Waals surface area contributed by atoms with Gasteiger partial charge in [0, 0.05) is 0 Å². The monoisotopic (exact) mass is 281 g/mol. The van der Waals surface area contributed by atoms with Crippen molar-refractivity contribution >= 4 is 0 Å². The Bertz CT molecular complexity index is 353. The van der Waals surface area contributed by atoms with E-state index in [9.17, 15) is 4.39 Å². The summed E-state index contributed by atoms with van der Waals surface area (Å²) in [5, 5.41) is 3.51. The molecule has 0 amide bonds. The Balaban J connectivity index is 2.53. The van der Waals surface area contributed by atoms with E-state index in [2.05, 4.69) is 36.1 Å². The summed E-state index contributed by atoms with van der Waals surface area (Å²) in [6, 6.07) is 3.48. The van der Waals surface area contributed by atoms with Crippen molar-refractivity contribution < 1.29 is 4.39 Å². The van der Waals surface area contributed by atoms with Crippen LogP contribution in [-0.2, 0) is 0 Å². The molecule has 1 aromatic heterocycles. The van der Waals surface area contributed by atoms with Crippen LogP contribution in [0.15, 0.2) is 18.3 Å². The number of hydrogen-bond donors (Lipinski definition) is 1. The first kappa shape index (κ1) is 17.1. The van der Waals surface area contributed by atoms with Crippen LogP contribution in [0.25, 0.3) is 0 Å². The highest BCUT2D eigenvalue weighted by Crippen LogP contribution is 2.15. The van der Waals surface area contributed by atoms with Crippen LogP contribution >= 0.6 is 0 Å². The van der Waals surface area contributed by atoms with Gasteiger partial charge >= 0.3 is 0 Å². The van der Waals surface area contributed by atoms with E-state index in [0.29, 0.717) is 0 Å². The molecule has 4 heteroatoms. The lowest BCUT2D eigenvalue weighted by Gasteiger charge is -2.22. The van der Waals surface area contributed by atoms with E-state index in [4.69, 9.17) is 0 Å². The molecule has 3 nitrogen and oxygen atoms in total. The zero-order valence-corrected chi connectivity index (χ0v) is 13.0. The van der Waals surface area contributed by atoms with Crippen LogP contribution in [0.4, 0.5) is 4.39 Å². The van der Waals surface area contributed by atoms with E-state index in [1.165, 1.54) is 25.1 Å². The van der Waals surface area contributed by atoms with Crippen molar-refractivity contribution in [2.45, 2.75) is 45.6 Å². The SMILES string of the molecule is CCCCN(C)CCC(NCCC)c1ccc(F)cn1. The summed E-state index contributed by atoms with van der Waals surface area (Å²) in [6.07, 6.45) is 5.85. The molecule has 0 fully saturated rings. The number of halogens is 1. The normalized spacial score (nSPS) is 12.8. The molecule has 0 aromatic carbocycles. The summed E-state index contributed by atoms with van der Waals surface area (Å²) in [4.78, 5) is 6.57. The van der Waals surface area contributed by atoms with E-state index in [1.54, 1.807) is 6.07 Å². The molecule has 1 aromatic rings. The highest BCUT2D eigenvalue weighted by molar-refractivity contribution is 5.10. The molecular weight excluding hydrogens is 253 g/mol. The first-order valence-corrected chi connectivity index (χ1v) is 7.70. The summed E-state index contributed by atoms with van der Waals surface area (Å²) in [5.74, 6) is -0.275. The molecule has 0 spiro atoms. The van der Waals surface area contributed by atoms with E-state index in [1.807, 2.05) is 0 Å². The fraction of sp³-hybridized carbons (Fsp3) is 0.688. The number of nitrogens with zero attached hydrogens (tertiary/aromatic N) is 2. The number of rotatable bonds is 10. The summed E-state index contributed by atoms with van der Waals surface area (Å²) >= 11 is 0. The van der Waals surface area contributed by atoms with Crippen LogP contribution in [0.1, 0.15) is 51.3 Å². The zero-order chi connectivity index (χ0) is 14.8. The number of unbranched alkanes of at least 4 members (excludes halogenated alkanes) is 1. The largest absolute Gasteiger partial charge is 0.309 e. The lowest BCUT2D eigenvalue weighted by Crippen LogP contribution is -2.29. The lowest BCUT2D eigenvalue weighted by atomic mass is 10.1. The maximum absolute atomic E-state index is 13.0. The van der Waals surface area contributed by atoms with Gasteiger partial charge in [0.05, 0.1) is 17.9 Å². The van der Waals surface area contributed by atoms with Gasteiger partial charge in [-0.25, -0.2) is 4.39 Å². The molecule has 0 bridgehead atoms. The average molecular weight is 281 g/mol. The third-order valence-corrected chi connectivity index (χ3v) is 3.44. The van der Waals surface area contributed by atoms with Gasteiger partial charge in [0.25, 0.3) is 0 Å². The fourth-order valence-electron chi connectivity index (χ4n) is 2.16. The van der Waals surface area contributed by atoms with Gasteiger partial charge in [-0.3, -0.25) is 4.98 Å². The van der Waals surface area contributed by atoms with Crippen molar-refractivity contribution in [1.29, 1.82) is 0 Å². The van der Waals surface area contributed by atoms with Crippen molar-refractivity contribution in [3.8, 4) is 0 Å². The Morgan fingerprint density at radius 2 is 2.05 bits per heavy atom. The van der Waals surface area contributed by atoms with Crippen molar-refractivity contribution in [1.82, 2.24) is 15.2 Å². The van der Waals surface area contributed by atoms with Crippen molar-refractivity contribution in [2.75, 3.05) is 26.7 Å². The molecule has 0 aliphatic rings. The molecular formula is C16H28FN3. The second-order valence-electron chi connectivity index (χ2n) is 5.35. The predicted octanol–water partition coefficient (Wildman–Crippen LogP) is 3.38. The molecule has 1 heterocycles. The highest BCUT2D eigenvalue weighted by Gasteiger charge is 2.13. The average Bonchev–Trinajstić information content (AvgIpc) is 2.46. The van der Waals surface area contributed by atoms with Gasteiger partial charge in [-0.2, -0.15) is 0 Å². The molecule has 0 aliphatic heterocycles. The summed E-state index contributed by atoms with van der Waals surface area (Å²) in [7, 11) is 2.16. The molecule has 0 radical (unpaired) electrons. The van der Waals surface area contributed by atoms with Gasteiger partial charge in [0.1, 0.15) is 5.82 Å². The first-order chi connectivity index (χ1) is 9.67. The molecule has 0 saturated carbocycles. The number of nitrogens with one attached hydrogen (secondary N) is 1. The lowest BCUT2D eigenvalue weighted by molar-refractivity contribution is 0.301. The van der Waals surface area contributed by atoms with Gasteiger partial charge in [-0.05, 0) is 58.1 Å². The molecule has 1 rings (SSSR count). The van der Waals surface area contributed by atoms with Crippen molar-refractivity contribution in [3.05, 3.63) is 29.8 Å². The molecule has 0 aliphatic carbocycles. The third kappa shape index (κ3) is 6.44. The Kier molecular flexibility index (Phi) is 8.38. The van der Waals surface area contributed by atoms with Gasteiger partial charge in [0.15, 0.2) is 0 Å². The Morgan fingerprint density at radius 1 is 1.25 bits per heavy atom. The van der Waals surface area contributed by atoms with Crippen LogP contribution < -0.4 is 5.32 Å². The summed E-state index contributed by atoms with van der Waals surface area (Å²) < 4.78 is 13.0. The molecule has 1 N–H and O–H groups in total. The van der Waals surface area contributed by atoms with E-state index in [-0.39, 0.29) is 11.9 Å². The quantitative estimate of drug-likeness (QED) is 0.712. The maximum atomic E-state index is 13.0. The zero-order valence-electron chi connectivity index (χ0n) is 13.0. The molecule has 0 saturated heterocycles. The van der Waals surface area contributed by atoms with Gasteiger partial charge in [0.2, 0.25) is 0 Å². The van der Waals surface area contributed by atoms with Crippen LogP contribution in [0.5, 0.6) is 0 Å². The topological polar surface area (TPSA) is 28.2 Å². The van der Waals surface area contributed by atoms with Crippen molar-refractivity contribution in [3.63, 3.8) is 0 Å². The predicted molar refractivity (Wildman–Crippen MR) is 82.3 cm³/mol. The Labute approximate surface area is 122 Å². The fourth-order valence-corrected chi connectivity index (χ4v) is 2.16. The molecule has 1 atom stereocenters. The van der Waals surface area contributed by atoms with Gasteiger partial charge in [-0.1, -0.05) is 20.3 Å². The van der Waals surface area contributed by atoms with Crippen LogP contribution in [0, 0.1) is 5.82 Å². The number of aromatic nitrogens is 1. The minimum atomic E-state index is -0.275. The minimum Gasteiger partial charge on any atom is -0.309 e. The summed E-state index contributed by atoms with van der Waals surface area (Å²) in [5.41, 5.74) is 0.934. The van der Waals surface area contributed by atoms with Gasteiger partial charge in [-0.15, -0.1) is 0 Å². The van der Waals surface area contributed by atoms with Crippen LogP contribution in [-0.4, -0.2) is 36.6 Å². The number of hydrogen-bond acceptors (Lipinski definition) is 3. The van der Waals surface area contributed by atoms with Crippen LogP contribution in [0.2, 0.25) is 0 Å². The second kappa shape index (κ2) is 9.83. The maximum Gasteiger partial charge on any atom is 0.141 e. The third-order valence-electron chi connectivity index (χ3n) is 3.44. The second-order valence-corrected chi connectivity index (χ2v) is 5.35. The summed E-state index contributed by atoms with van der Waals surface area (Å²) in [6.45, 7) is 7.48. The number of pyridine rings is 1. The minimum absolute atomic E-state index is 0.208. The van der Waals surface area contributed by atoms with Crippen molar-refractivity contribution in [2.24, 2.45) is 0 Å². The van der Waals surface area contributed by atoms with E-state index >= 15 is 0 Å². The van der Waals surface area contributed by atoms with Crippen LogP contribution in [0.3, 0.4) is 0 Å². The Hall–Kier alpha value is -1.00. The molecule has 114 valence electrons. The van der Waals surface area contributed by atoms with Gasteiger partial charge < -0.3 is 10.2 Å². The molecule has 1 unspecified atom stereocenters. The van der Waals surface area contributed by atoms with E-state index in [0.717, 1.165) is 38.2 Å². The Morgan fingerprint density at radius 3 is 2.65 bits per heavy atom. The highest BCUT2D eigenvalue weighted by atomic mass is 19.1. The first-order valence-electron chi connectivity index (χ1n) is 7.70. The van der Waals surface area contributed by atoms with E-state index < -0.39 is 0 Å². The smallest absolute Gasteiger partial charge is 0.141 e. The molecule has 20 heavy (non-hydrogen) atoms. The standard InChI is InChI=1S/C16H28FN3/c1-4-6-11-20(3)12-9-16(18-10-5-2)15-8-7-14(17)13-19-15/h7-8,13,16,18H,4-6,9-12H2,1-3H3.